The van der Waals surface area contributed by atoms with Crippen molar-refractivity contribution < 1.29 is 14.2 Å². The molecule has 124 valence electrons. The standard InChI is InChI=1S/C22H18O3/c1-23-19-7-3-15-5-9-21(13-17(15)11-19)25-22-10-6-16-4-8-20(24-2)12-18(16)14-22/h3-14H,1-2H3. The first-order valence-corrected chi connectivity index (χ1v) is 8.09. The predicted octanol–water partition coefficient (Wildman–Crippen LogP) is 5.80. The van der Waals surface area contributed by atoms with Gasteiger partial charge in [0.2, 0.25) is 0 Å². The third-order valence-corrected chi connectivity index (χ3v) is 4.27. The lowest BCUT2D eigenvalue weighted by Crippen LogP contribution is -1.87. The Balaban J connectivity index is 1.68. The zero-order chi connectivity index (χ0) is 17.2. The summed E-state index contributed by atoms with van der Waals surface area (Å²) in [6.45, 7) is 0. The van der Waals surface area contributed by atoms with Gasteiger partial charge in [-0.2, -0.15) is 0 Å². The van der Waals surface area contributed by atoms with Gasteiger partial charge >= 0.3 is 0 Å². The summed E-state index contributed by atoms with van der Waals surface area (Å²) in [5, 5.41) is 4.46. The summed E-state index contributed by atoms with van der Waals surface area (Å²) in [5.74, 6) is 3.26. The van der Waals surface area contributed by atoms with E-state index in [9.17, 15) is 0 Å². The van der Waals surface area contributed by atoms with Crippen LogP contribution in [0.2, 0.25) is 0 Å². The van der Waals surface area contributed by atoms with E-state index in [-0.39, 0.29) is 0 Å². The fourth-order valence-corrected chi connectivity index (χ4v) is 2.92. The molecule has 0 saturated carbocycles. The molecule has 0 unspecified atom stereocenters. The minimum atomic E-state index is 0.794. The molecule has 0 fully saturated rings. The third kappa shape index (κ3) is 3.09. The molecular formula is C22H18O3. The lowest BCUT2D eigenvalue weighted by molar-refractivity contribution is 0.415. The molecule has 0 atom stereocenters. The highest BCUT2D eigenvalue weighted by atomic mass is 16.5. The second-order valence-corrected chi connectivity index (χ2v) is 5.85. The van der Waals surface area contributed by atoms with Crippen molar-refractivity contribution in [3.63, 3.8) is 0 Å². The third-order valence-electron chi connectivity index (χ3n) is 4.27. The van der Waals surface area contributed by atoms with Crippen LogP contribution in [0.25, 0.3) is 21.5 Å². The van der Waals surface area contributed by atoms with Gasteiger partial charge in [0.05, 0.1) is 14.2 Å². The molecule has 0 saturated heterocycles. The Labute approximate surface area is 146 Å². The molecule has 0 radical (unpaired) electrons. The summed E-state index contributed by atoms with van der Waals surface area (Å²) in [6, 6.07) is 24.1. The van der Waals surface area contributed by atoms with Crippen molar-refractivity contribution in [1.82, 2.24) is 0 Å². The normalized spacial score (nSPS) is 10.8. The molecule has 4 aromatic rings. The lowest BCUT2D eigenvalue weighted by atomic mass is 10.1. The van der Waals surface area contributed by atoms with Gasteiger partial charge in [-0.25, -0.2) is 0 Å². The highest BCUT2D eigenvalue weighted by Crippen LogP contribution is 2.30. The van der Waals surface area contributed by atoms with Gasteiger partial charge in [-0.05, 0) is 70.1 Å². The lowest BCUT2D eigenvalue weighted by Gasteiger charge is -2.09. The number of hydrogen-bond donors (Lipinski definition) is 0. The Bertz CT molecular complexity index is 968. The fraction of sp³-hybridized carbons (Fsp3) is 0.0909. The second kappa shape index (κ2) is 6.36. The van der Waals surface area contributed by atoms with Crippen LogP contribution >= 0.6 is 0 Å². The van der Waals surface area contributed by atoms with Crippen molar-refractivity contribution in [3.8, 4) is 23.0 Å². The van der Waals surface area contributed by atoms with Crippen molar-refractivity contribution in [2.75, 3.05) is 14.2 Å². The Kier molecular flexibility index (Phi) is 3.90. The largest absolute Gasteiger partial charge is 0.497 e. The maximum absolute atomic E-state index is 6.06. The van der Waals surface area contributed by atoms with Crippen LogP contribution in [0.4, 0.5) is 0 Å². The monoisotopic (exact) mass is 330 g/mol. The van der Waals surface area contributed by atoms with E-state index < -0.39 is 0 Å². The maximum atomic E-state index is 6.06. The first-order valence-electron chi connectivity index (χ1n) is 8.09. The van der Waals surface area contributed by atoms with Crippen molar-refractivity contribution >= 4 is 21.5 Å². The summed E-state index contributed by atoms with van der Waals surface area (Å²) in [7, 11) is 3.34. The van der Waals surface area contributed by atoms with E-state index in [4.69, 9.17) is 14.2 Å². The van der Waals surface area contributed by atoms with Gasteiger partial charge < -0.3 is 14.2 Å². The van der Waals surface area contributed by atoms with E-state index in [1.54, 1.807) is 14.2 Å². The second-order valence-electron chi connectivity index (χ2n) is 5.85. The molecule has 25 heavy (non-hydrogen) atoms. The summed E-state index contributed by atoms with van der Waals surface area (Å²) in [5.41, 5.74) is 0. The van der Waals surface area contributed by atoms with Gasteiger partial charge in [0.15, 0.2) is 0 Å². The predicted molar refractivity (Wildman–Crippen MR) is 101 cm³/mol. The smallest absolute Gasteiger partial charge is 0.128 e. The van der Waals surface area contributed by atoms with E-state index >= 15 is 0 Å². The van der Waals surface area contributed by atoms with E-state index in [1.807, 2.05) is 72.8 Å². The van der Waals surface area contributed by atoms with Crippen LogP contribution < -0.4 is 14.2 Å². The fourth-order valence-electron chi connectivity index (χ4n) is 2.92. The number of hydrogen-bond acceptors (Lipinski definition) is 3. The molecule has 0 heterocycles. The van der Waals surface area contributed by atoms with Gasteiger partial charge in [-0.15, -0.1) is 0 Å². The molecule has 3 heteroatoms. The molecule has 0 amide bonds. The molecule has 3 nitrogen and oxygen atoms in total. The minimum Gasteiger partial charge on any atom is -0.497 e. The summed E-state index contributed by atoms with van der Waals surface area (Å²) < 4.78 is 16.7. The highest BCUT2D eigenvalue weighted by molar-refractivity contribution is 5.86. The molecule has 4 rings (SSSR count). The average Bonchev–Trinajstić information content (AvgIpc) is 2.66. The van der Waals surface area contributed by atoms with Crippen LogP contribution in [0, 0.1) is 0 Å². The summed E-state index contributed by atoms with van der Waals surface area (Å²) in [4.78, 5) is 0. The van der Waals surface area contributed by atoms with Gasteiger partial charge in [0.25, 0.3) is 0 Å². The topological polar surface area (TPSA) is 27.7 Å². The van der Waals surface area contributed by atoms with E-state index in [0.717, 1.165) is 44.5 Å². The quantitative estimate of drug-likeness (QED) is 0.473. The molecule has 0 bridgehead atoms. The molecule has 0 aliphatic carbocycles. The number of benzene rings is 4. The molecular weight excluding hydrogens is 312 g/mol. The van der Waals surface area contributed by atoms with Gasteiger partial charge in [0, 0.05) is 0 Å². The molecule has 4 aromatic carbocycles. The van der Waals surface area contributed by atoms with E-state index in [2.05, 4.69) is 0 Å². The minimum absolute atomic E-state index is 0.794. The van der Waals surface area contributed by atoms with E-state index in [0.29, 0.717) is 0 Å². The zero-order valence-corrected chi connectivity index (χ0v) is 14.2. The van der Waals surface area contributed by atoms with Crippen LogP contribution in [-0.2, 0) is 0 Å². The number of rotatable bonds is 4. The highest BCUT2D eigenvalue weighted by Gasteiger charge is 2.03. The van der Waals surface area contributed by atoms with Crippen molar-refractivity contribution in [2.45, 2.75) is 0 Å². The van der Waals surface area contributed by atoms with Crippen molar-refractivity contribution in [3.05, 3.63) is 72.8 Å². The van der Waals surface area contributed by atoms with Crippen LogP contribution in [0.5, 0.6) is 23.0 Å². The van der Waals surface area contributed by atoms with E-state index in [1.165, 1.54) is 0 Å². The van der Waals surface area contributed by atoms with Crippen molar-refractivity contribution in [1.29, 1.82) is 0 Å². The molecule has 0 aliphatic rings. The number of methoxy groups -OCH3 is 2. The molecule has 0 N–H and O–H groups in total. The van der Waals surface area contributed by atoms with Gasteiger partial charge in [0.1, 0.15) is 23.0 Å². The Morgan fingerprint density at radius 3 is 1.20 bits per heavy atom. The molecule has 0 spiro atoms. The van der Waals surface area contributed by atoms with Gasteiger partial charge in [-0.1, -0.05) is 24.3 Å². The summed E-state index contributed by atoms with van der Waals surface area (Å²) in [6.07, 6.45) is 0. The first kappa shape index (κ1) is 15.3. The Hall–Kier alpha value is -3.20. The van der Waals surface area contributed by atoms with Crippen LogP contribution in [0.1, 0.15) is 0 Å². The molecule has 0 aliphatic heterocycles. The number of fused-ring (bicyclic) bond motifs is 2. The Morgan fingerprint density at radius 1 is 0.440 bits per heavy atom. The van der Waals surface area contributed by atoms with Crippen LogP contribution in [-0.4, -0.2) is 14.2 Å². The SMILES string of the molecule is COc1ccc2ccc(Oc3ccc4ccc(OC)cc4c3)cc2c1. The average molecular weight is 330 g/mol. The Morgan fingerprint density at radius 2 is 0.800 bits per heavy atom. The van der Waals surface area contributed by atoms with Crippen LogP contribution in [0.15, 0.2) is 72.8 Å². The number of ether oxygens (including phenoxy) is 3. The zero-order valence-electron chi connectivity index (χ0n) is 14.2. The van der Waals surface area contributed by atoms with Crippen LogP contribution in [0.3, 0.4) is 0 Å². The summed E-state index contributed by atoms with van der Waals surface area (Å²) >= 11 is 0. The van der Waals surface area contributed by atoms with Crippen molar-refractivity contribution in [2.24, 2.45) is 0 Å². The maximum Gasteiger partial charge on any atom is 0.128 e. The van der Waals surface area contributed by atoms with Gasteiger partial charge in [-0.3, -0.25) is 0 Å². The first-order chi connectivity index (χ1) is 12.2. The molecule has 0 aromatic heterocycles.